The van der Waals surface area contributed by atoms with Crippen LogP contribution in [0.2, 0.25) is 0 Å². The van der Waals surface area contributed by atoms with Gasteiger partial charge in [-0.05, 0) is 32.4 Å². The van der Waals surface area contributed by atoms with Crippen molar-refractivity contribution in [3.63, 3.8) is 0 Å². The molecule has 1 unspecified atom stereocenters. The third-order valence-electron chi connectivity index (χ3n) is 4.18. The standard InChI is InChI=1S/C18H23N3O3/c1-18(2,3)24-17(23)21-10-14-12(9-15(21)16(22)19-4)11-7-5-6-8-13(11)20-14/h5-8,15,20H,9-10H2,1-4H3,(H,19,22). The van der Waals surface area contributed by atoms with Gasteiger partial charge in [0, 0.05) is 30.1 Å². The van der Waals surface area contributed by atoms with E-state index in [4.69, 9.17) is 4.74 Å². The number of rotatable bonds is 1. The SMILES string of the molecule is CNC(=O)C1Cc2c([nH]c3ccccc23)CN1C(=O)OC(C)(C)C. The molecular weight excluding hydrogens is 306 g/mol. The number of fused-ring (bicyclic) bond motifs is 3. The number of H-pyrrole nitrogens is 1. The van der Waals surface area contributed by atoms with Gasteiger partial charge < -0.3 is 15.0 Å². The second kappa shape index (κ2) is 5.85. The van der Waals surface area contributed by atoms with Crippen LogP contribution in [-0.4, -0.2) is 40.6 Å². The molecule has 0 bridgehead atoms. The molecule has 1 atom stereocenters. The van der Waals surface area contributed by atoms with Crippen LogP contribution >= 0.6 is 0 Å². The number of aromatic nitrogens is 1. The van der Waals surface area contributed by atoms with E-state index >= 15 is 0 Å². The summed E-state index contributed by atoms with van der Waals surface area (Å²) in [5.41, 5.74) is 2.47. The number of likely N-dealkylation sites (N-methyl/N-ethyl adjacent to an activating group) is 1. The lowest BCUT2D eigenvalue weighted by Gasteiger charge is -2.35. The summed E-state index contributed by atoms with van der Waals surface area (Å²) in [6, 6.07) is 7.41. The normalized spacial score (nSPS) is 17.5. The number of carbonyl (C=O) groups is 2. The van der Waals surface area contributed by atoms with Gasteiger partial charge in [-0.15, -0.1) is 0 Å². The zero-order valence-electron chi connectivity index (χ0n) is 14.5. The first kappa shape index (κ1) is 16.4. The highest BCUT2D eigenvalue weighted by molar-refractivity contribution is 5.90. The number of hydrogen-bond acceptors (Lipinski definition) is 3. The molecule has 2 heterocycles. The molecule has 24 heavy (non-hydrogen) atoms. The first-order valence-corrected chi connectivity index (χ1v) is 8.10. The van der Waals surface area contributed by atoms with E-state index in [-0.39, 0.29) is 5.91 Å². The van der Waals surface area contributed by atoms with Crippen molar-refractivity contribution in [1.29, 1.82) is 0 Å². The second-order valence-corrected chi connectivity index (χ2v) is 7.07. The van der Waals surface area contributed by atoms with Gasteiger partial charge in [0.15, 0.2) is 0 Å². The molecule has 1 aromatic carbocycles. The summed E-state index contributed by atoms with van der Waals surface area (Å²) >= 11 is 0. The first-order chi connectivity index (χ1) is 11.3. The van der Waals surface area contributed by atoms with Crippen molar-refractivity contribution in [3.8, 4) is 0 Å². The van der Waals surface area contributed by atoms with Crippen molar-refractivity contribution in [1.82, 2.24) is 15.2 Å². The quantitative estimate of drug-likeness (QED) is 0.844. The van der Waals surface area contributed by atoms with E-state index < -0.39 is 17.7 Å². The Balaban J connectivity index is 1.99. The van der Waals surface area contributed by atoms with Crippen LogP contribution in [0.25, 0.3) is 10.9 Å². The number of amides is 2. The molecule has 1 aliphatic heterocycles. The number of nitrogens with zero attached hydrogens (tertiary/aromatic N) is 1. The van der Waals surface area contributed by atoms with Gasteiger partial charge in [-0.25, -0.2) is 4.79 Å². The Hall–Kier alpha value is -2.50. The first-order valence-electron chi connectivity index (χ1n) is 8.10. The topological polar surface area (TPSA) is 74.4 Å². The van der Waals surface area contributed by atoms with Crippen molar-refractivity contribution in [3.05, 3.63) is 35.5 Å². The van der Waals surface area contributed by atoms with Crippen molar-refractivity contribution < 1.29 is 14.3 Å². The van der Waals surface area contributed by atoms with E-state index in [1.807, 2.05) is 45.0 Å². The van der Waals surface area contributed by atoms with Gasteiger partial charge in [0.1, 0.15) is 11.6 Å². The zero-order valence-corrected chi connectivity index (χ0v) is 14.5. The molecule has 1 aromatic heterocycles. The molecule has 3 rings (SSSR count). The van der Waals surface area contributed by atoms with Crippen molar-refractivity contribution >= 4 is 22.9 Å². The molecule has 128 valence electrons. The molecule has 0 aliphatic carbocycles. The van der Waals surface area contributed by atoms with Crippen LogP contribution in [0.5, 0.6) is 0 Å². The van der Waals surface area contributed by atoms with Crippen molar-refractivity contribution in [2.75, 3.05) is 7.05 Å². The number of para-hydroxylation sites is 1. The summed E-state index contributed by atoms with van der Waals surface area (Å²) in [6.07, 6.45) is -0.00135. The van der Waals surface area contributed by atoms with Crippen LogP contribution in [0.15, 0.2) is 24.3 Å². The molecule has 0 radical (unpaired) electrons. The fraction of sp³-hybridized carbons (Fsp3) is 0.444. The predicted octanol–water partition coefficient (Wildman–Crippen LogP) is 2.58. The molecule has 2 amide bonds. The maximum absolute atomic E-state index is 12.6. The Kier molecular flexibility index (Phi) is 3.99. The van der Waals surface area contributed by atoms with E-state index in [2.05, 4.69) is 10.3 Å². The van der Waals surface area contributed by atoms with Crippen LogP contribution in [0.1, 0.15) is 32.0 Å². The number of hydrogen-bond donors (Lipinski definition) is 2. The lowest BCUT2D eigenvalue weighted by molar-refractivity contribution is -0.126. The number of nitrogens with one attached hydrogen (secondary N) is 2. The second-order valence-electron chi connectivity index (χ2n) is 7.07. The van der Waals surface area contributed by atoms with Gasteiger partial charge >= 0.3 is 6.09 Å². The molecule has 0 fully saturated rings. The molecular formula is C18H23N3O3. The monoisotopic (exact) mass is 329 g/mol. The summed E-state index contributed by atoms with van der Waals surface area (Å²) in [7, 11) is 1.58. The molecule has 0 saturated carbocycles. The van der Waals surface area contributed by atoms with Crippen molar-refractivity contribution in [2.24, 2.45) is 0 Å². The Morgan fingerprint density at radius 2 is 2.00 bits per heavy atom. The fourth-order valence-electron chi connectivity index (χ4n) is 3.12. The van der Waals surface area contributed by atoms with Crippen molar-refractivity contribution in [2.45, 2.75) is 45.4 Å². The Morgan fingerprint density at radius 1 is 1.29 bits per heavy atom. The predicted molar refractivity (Wildman–Crippen MR) is 91.6 cm³/mol. The van der Waals surface area contributed by atoms with Gasteiger partial charge in [0.05, 0.1) is 6.54 Å². The maximum Gasteiger partial charge on any atom is 0.411 e. The minimum absolute atomic E-state index is 0.184. The average Bonchev–Trinajstić information content (AvgIpc) is 2.89. The van der Waals surface area contributed by atoms with E-state index in [9.17, 15) is 9.59 Å². The Morgan fingerprint density at radius 3 is 2.67 bits per heavy atom. The molecule has 0 spiro atoms. The Bertz CT molecular complexity index is 788. The number of ether oxygens (including phenoxy) is 1. The molecule has 1 aliphatic rings. The van der Waals surface area contributed by atoms with E-state index in [0.717, 1.165) is 22.2 Å². The lowest BCUT2D eigenvalue weighted by atomic mass is 9.96. The lowest BCUT2D eigenvalue weighted by Crippen LogP contribution is -2.53. The number of carbonyl (C=O) groups excluding carboxylic acids is 2. The summed E-state index contributed by atoms with van der Waals surface area (Å²) in [5, 5.41) is 3.76. The van der Waals surface area contributed by atoms with Gasteiger partial charge in [0.2, 0.25) is 5.91 Å². The molecule has 2 aromatic rings. The minimum Gasteiger partial charge on any atom is -0.444 e. The largest absolute Gasteiger partial charge is 0.444 e. The molecule has 2 N–H and O–H groups in total. The van der Waals surface area contributed by atoms with Gasteiger partial charge in [0.25, 0.3) is 0 Å². The van der Waals surface area contributed by atoms with Crippen LogP contribution in [0.4, 0.5) is 4.79 Å². The van der Waals surface area contributed by atoms with E-state index in [1.54, 1.807) is 7.05 Å². The van der Waals surface area contributed by atoms with Crippen LogP contribution in [0.3, 0.4) is 0 Å². The number of benzene rings is 1. The highest BCUT2D eigenvalue weighted by atomic mass is 16.6. The van der Waals surface area contributed by atoms with Crippen LogP contribution in [-0.2, 0) is 22.5 Å². The highest BCUT2D eigenvalue weighted by Crippen LogP contribution is 2.31. The fourth-order valence-corrected chi connectivity index (χ4v) is 3.12. The summed E-state index contributed by atoms with van der Waals surface area (Å²) in [4.78, 5) is 29.8. The van der Waals surface area contributed by atoms with Gasteiger partial charge in [-0.3, -0.25) is 9.69 Å². The Labute approximate surface area is 141 Å². The summed E-state index contributed by atoms with van der Waals surface area (Å²) in [5.74, 6) is -0.184. The van der Waals surface area contributed by atoms with Gasteiger partial charge in [-0.2, -0.15) is 0 Å². The molecule has 6 nitrogen and oxygen atoms in total. The van der Waals surface area contributed by atoms with E-state index in [1.165, 1.54) is 4.90 Å². The van der Waals surface area contributed by atoms with Crippen LogP contribution in [0, 0.1) is 0 Å². The maximum atomic E-state index is 12.6. The number of aromatic amines is 1. The smallest absolute Gasteiger partial charge is 0.411 e. The van der Waals surface area contributed by atoms with E-state index in [0.29, 0.717) is 13.0 Å². The third-order valence-corrected chi connectivity index (χ3v) is 4.18. The summed E-state index contributed by atoms with van der Waals surface area (Å²) < 4.78 is 5.48. The zero-order chi connectivity index (χ0) is 17.5. The molecule has 6 heteroatoms. The minimum atomic E-state index is -0.606. The average molecular weight is 329 g/mol. The summed E-state index contributed by atoms with van der Waals surface area (Å²) in [6.45, 7) is 5.78. The highest BCUT2D eigenvalue weighted by Gasteiger charge is 2.38. The van der Waals surface area contributed by atoms with Gasteiger partial charge in [-0.1, -0.05) is 18.2 Å². The molecule has 0 saturated heterocycles. The third kappa shape index (κ3) is 2.96. The van der Waals surface area contributed by atoms with Crippen LogP contribution < -0.4 is 5.32 Å².